The lowest BCUT2D eigenvalue weighted by Crippen LogP contribution is -2.59. The van der Waals surface area contributed by atoms with Crippen LogP contribution in [0, 0.1) is 11.8 Å². The van der Waals surface area contributed by atoms with Gasteiger partial charge in [-0.25, -0.2) is 0 Å². The van der Waals surface area contributed by atoms with Crippen LogP contribution in [0.3, 0.4) is 0 Å². The molecule has 0 bridgehead atoms. The van der Waals surface area contributed by atoms with Crippen LogP contribution in [0.5, 0.6) is 0 Å². The fourth-order valence-corrected chi connectivity index (χ4v) is 6.99. The highest BCUT2D eigenvalue weighted by Crippen LogP contribution is 2.29. The first-order valence-electron chi connectivity index (χ1n) is 21.3. The molecule has 1 heterocycles. The Hall–Kier alpha value is -4.09. The number of ether oxygens (including phenoxy) is 1. The van der Waals surface area contributed by atoms with E-state index in [1.807, 2.05) is 88.4 Å². The molecule has 0 spiro atoms. The van der Waals surface area contributed by atoms with Crippen LogP contribution in [0.1, 0.15) is 116 Å². The molecule has 2 aromatic carbocycles. The molecular weight excluding hydrogens is 719 g/mol. The van der Waals surface area contributed by atoms with Gasteiger partial charge in [-0.15, -0.1) is 0 Å². The molecule has 1 aliphatic heterocycles. The number of rotatable bonds is 28. The van der Waals surface area contributed by atoms with E-state index in [4.69, 9.17) is 4.74 Å². The number of amides is 4. The van der Waals surface area contributed by atoms with Crippen LogP contribution in [-0.2, 0) is 41.6 Å². The molecule has 57 heavy (non-hydrogen) atoms. The van der Waals surface area contributed by atoms with Gasteiger partial charge in [-0.3, -0.25) is 24.0 Å². The van der Waals surface area contributed by atoms with Gasteiger partial charge in [0.15, 0.2) is 5.78 Å². The fourth-order valence-electron chi connectivity index (χ4n) is 6.99. The van der Waals surface area contributed by atoms with E-state index in [1.165, 1.54) is 19.3 Å². The Bertz CT molecular complexity index is 1530. The molecule has 4 N–H and O–H groups in total. The number of aryl methyl sites for hydroxylation is 1. The molecule has 316 valence electrons. The average molecular weight is 790 g/mol. The van der Waals surface area contributed by atoms with Gasteiger partial charge >= 0.3 is 0 Å². The fraction of sp³-hybridized carbons (Fsp3) is 0.630. The SMILES string of the molecule is CC(C)CC(NC(=O)C(Cc1ccccc1)NC(=O)[C@H](CC(C)C)NC(=O)[C@H](CCc1ccccc1)NC(=O)CCCCCCCCCN(C)C)C(=O)C1(C)CO1. The first-order valence-corrected chi connectivity index (χ1v) is 21.3. The summed E-state index contributed by atoms with van der Waals surface area (Å²) in [5.41, 5.74) is 0.948. The molecule has 11 heteroatoms. The van der Waals surface area contributed by atoms with Crippen LogP contribution in [0.2, 0.25) is 0 Å². The average Bonchev–Trinajstić information content (AvgIpc) is 3.92. The minimum atomic E-state index is -1.02. The maximum atomic E-state index is 14.1. The minimum Gasteiger partial charge on any atom is -0.361 e. The van der Waals surface area contributed by atoms with Crippen molar-refractivity contribution in [2.45, 2.75) is 148 Å². The number of Topliss-reactive ketones (excluding diaryl/α,β-unsaturated/α-hetero) is 1. The molecule has 0 saturated carbocycles. The molecule has 5 atom stereocenters. The highest BCUT2D eigenvalue weighted by molar-refractivity contribution is 5.98. The van der Waals surface area contributed by atoms with Crippen molar-refractivity contribution >= 4 is 29.4 Å². The van der Waals surface area contributed by atoms with Crippen molar-refractivity contribution < 1.29 is 28.7 Å². The molecule has 0 aromatic heterocycles. The largest absolute Gasteiger partial charge is 0.361 e. The third-order valence-corrected chi connectivity index (χ3v) is 10.4. The number of hydrogen-bond donors (Lipinski definition) is 4. The van der Waals surface area contributed by atoms with E-state index in [1.54, 1.807) is 6.92 Å². The second kappa shape index (κ2) is 24.6. The maximum Gasteiger partial charge on any atom is 0.243 e. The summed E-state index contributed by atoms with van der Waals surface area (Å²) in [6.45, 7) is 11.0. The normalized spacial score (nSPS) is 17.1. The Balaban J connectivity index is 1.71. The maximum absolute atomic E-state index is 14.1. The summed E-state index contributed by atoms with van der Waals surface area (Å²) in [5, 5.41) is 11.8. The van der Waals surface area contributed by atoms with Gasteiger partial charge in [0, 0.05) is 12.8 Å². The monoisotopic (exact) mass is 790 g/mol. The van der Waals surface area contributed by atoms with E-state index in [-0.39, 0.29) is 29.9 Å². The lowest BCUT2D eigenvalue weighted by molar-refractivity contribution is -0.135. The van der Waals surface area contributed by atoms with E-state index >= 15 is 0 Å². The molecular formula is C46H71N5O6. The number of epoxide rings is 1. The van der Waals surface area contributed by atoms with Gasteiger partial charge < -0.3 is 30.9 Å². The standard InChI is InChI=1S/C46H71N5O6/c1-33(2)29-38(42(53)46(5)32-57-46)48-45(56)40(31-36-23-17-14-18-24-36)50-44(55)39(30-34(3)4)49-43(54)37(27-26-35-21-15-13-16-22-35)47-41(52)25-19-11-9-8-10-12-20-28-51(6)7/h13-18,21-24,33-34,37-40H,8-12,19-20,25-32H2,1-7H3,(H,47,52)(H,48,56)(H,49,54)(H,50,55)/t37-,38?,39-,40?,46?/m0/s1. The summed E-state index contributed by atoms with van der Waals surface area (Å²) in [6.07, 6.45) is 9.70. The van der Waals surface area contributed by atoms with Crippen LogP contribution >= 0.6 is 0 Å². The molecule has 3 unspecified atom stereocenters. The summed E-state index contributed by atoms with van der Waals surface area (Å²) in [7, 11) is 4.18. The summed E-state index contributed by atoms with van der Waals surface area (Å²) in [5.74, 6) is -1.65. The predicted octanol–water partition coefficient (Wildman–Crippen LogP) is 5.93. The van der Waals surface area contributed by atoms with Crippen molar-refractivity contribution in [3.63, 3.8) is 0 Å². The van der Waals surface area contributed by atoms with Gasteiger partial charge in [0.2, 0.25) is 23.6 Å². The molecule has 1 saturated heterocycles. The van der Waals surface area contributed by atoms with E-state index in [2.05, 4.69) is 40.3 Å². The molecule has 2 aromatic rings. The van der Waals surface area contributed by atoms with Gasteiger partial charge in [0.1, 0.15) is 23.7 Å². The number of ketones is 1. The summed E-state index contributed by atoms with van der Waals surface area (Å²) >= 11 is 0. The smallest absolute Gasteiger partial charge is 0.243 e. The van der Waals surface area contributed by atoms with Crippen molar-refractivity contribution in [1.82, 2.24) is 26.2 Å². The number of nitrogens with zero attached hydrogens (tertiary/aromatic N) is 1. The van der Waals surface area contributed by atoms with Crippen molar-refractivity contribution in [2.75, 3.05) is 27.2 Å². The highest BCUT2D eigenvalue weighted by Gasteiger charge is 2.50. The zero-order chi connectivity index (χ0) is 41.8. The van der Waals surface area contributed by atoms with Crippen molar-refractivity contribution in [3.8, 4) is 0 Å². The predicted molar refractivity (Wildman–Crippen MR) is 226 cm³/mol. The van der Waals surface area contributed by atoms with Crippen molar-refractivity contribution in [2.24, 2.45) is 11.8 Å². The van der Waals surface area contributed by atoms with Crippen LogP contribution in [-0.4, -0.2) is 91.3 Å². The Morgan fingerprint density at radius 1 is 0.632 bits per heavy atom. The van der Waals surface area contributed by atoms with Gasteiger partial charge in [0.25, 0.3) is 0 Å². The third-order valence-electron chi connectivity index (χ3n) is 10.4. The Kier molecular flexibility index (Phi) is 20.4. The summed E-state index contributed by atoms with van der Waals surface area (Å²) < 4.78 is 5.42. The summed E-state index contributed by atoms with van der Waals surface area (Å²) in [4.78, 5) is 71.0. The van der Waals surface area contributed by atoms with E-state index in [0.717, 1.165) is 43.4 Å². The number of hydrogen-bond acceptors (Lipinski definition) is 7. The van der Waals surface area contributed by atoms with Crippen LogP contribution in [0.4, 0.5) is 0 Å². The lowest BCUT2D eigenvalue weighted by atomic mass is 9.93. The molecule has 1 aliphatic rings. The lowest BCUT2D eigenvalue weighted by Gasteiger charge is -2.28. The number of carbonyl (C=O) groups is 5. The molecule has 4 amide bonds. The van der Waals surface area contributed by atoms with Gasteiger partial charge in [-0.1, -0.05) is 120 Å². The second-order valence-corrected chi connectivity index (χ2v) is 17.2. The molecule has 11 nitrogen and oxygen atoms in total. The Labute approximate surface area is 342 Å². The molecule has 0 radical (unpaired) electrons. The first kappa shape index (κ1) is 47.3. The number of benzene rings is 2. The quantitative estimate of drug-likeness (QED) is 0.0617. The van der Waals surface area contributed by atoms with E-state index in [9.17, 15) is 24.0 Å². The van der Waals surface area contributed by atoms with Crippen LogP contribution < -0.4 is 21.3 Å². The number of unbranched alkanes of at least 4 members (excludes halogenated alkanes) is 6. The second-order valence-electron chi connectivity index (χ2n) is 17.2. The molecule has 0 aliphatic carbocycles. The molecule has 1 fully saturated rings. The number of nitrogens with one attached hydrogen (secondary N) is 4. The number of carbonyl (C=O) groups excluding carboxylic acids is 5. The van der Waals surface area contributed by atoms with Crippen molar-refractivity contribution in [1.29, 1.82) is 0 Å². The zero-order valence-corrected chi connectivity index (χ0v) is 35.7. The van der Waals surface area contributed by atoms with Gasteiger partial charge in [-0.05, 0) is 89.1 Å². The van der Waals surface area contributed by atoms with Crippen LogP contribution in [0.15, 0.2) is 60.7 Å². The van der Waals surface area contributed by atoms with Crippen LogP contribution in [0.25, 0.3) is 0 Å². The minimum absolute atomic E-state index is 0.0279. The zero-order valence-electron chi connectivity index (χ0n) is 35.7. The van der Waals surface area contributed by atoms with Gasteiger partial charge in [-0.2, -0.15) is 0 Å². The Morgan fingerprint density at radius 2 is 1.11 bits per heavy atom. The Morgan fingerprint density at radius 3 is 1.67 bits per heavy atom. The summed E-state index contributed by atoms with van der Waals surface area (Å²) in [6, 6.07) is 15.5. The topological polar surface area (TPSA) is 149 Å². The third kappa shape index (κ3) is 18.4. The van der Waals surface area contributed by atoms with Crippen molar-refractivity contribution in [3.05, 3.63) is 71.8 Å². The molecule has 3 rings (SSSR count). The van der Waals surface area contributed by atoms with E-state index < -0.39 is 47.5 Å². The highest BCUT2D eigenvalue weighted by atomic mass is 16.6. The first-order chi connectivity index (χ1) is 27.2. The van der Waals surface area contributed by atoms with E-state index in [0.29, 0.717) is 38.7 Å². The van der Waals surface area contributed by atoms with Gasteiger partial charge in [0.05, 0.1) is 12.6 Å².